The molecule has 5 nitrogen and oxygen atoms in total. The summed E-state index contributed by atoms with van der Waals surface area (Å²) in [5.74, 6) is 0. The van der Waals surface area contributed by atoms with Crippen molar-refractivity contribution in [2.45, 2.75) is 32.4 Å². The Labute approximate surface area is 118 Å². The average Bonchev–Trinajstić information content (AvgIpc) is 2.87. The fourth-order valence-electron chi connectivity index (χ4n) is 2.92. The quantitative estimate of drug-likeness (QED) is 0.902. The van der Waals surface area contributed by atoms with Gasteiger partial charge in [-0.25, -0.2) is 4.98 Å². The SMILES string of the molecule is Cc1ccc2nc(CN3CCCC3CN)cc(=O)n2c1. The first-order valence-corrected chi connectivity index (χ1v) is 7.10. The maximum Gasteiger partial charge on any atom is 0.258 e. The van der Waals surface area contributed by atoms with Crippen LogP contribution in [0.25, 0.3) is 5.65 Å². The predicted octanol–water partition coefficient (Wildman–Crippen LogP) is 0.926. The smallest absolute Gasteiger partial charge is 0.258 e. The number of likely N-dealkylation sites (tertiary alicyclic amines) is 1. The van der Waals surface area contributed by atoms with Gasteiger partial charge in [0.15, 0.2) is 0 Å². The number of nitrogens with zero attached hydrogens (tertiary/aromatic N) is 3. The molecule has 20 heavy (non-hydrogen) atoms. The van der Waals surface area contributed by atoms with Gasteiger partial charge >= 0.3 is 0 Å². The van der Waals surface area contributed by atoms with Crippen LogP contribution in [0.15, 0.2) is 29.2 Å². The molecule has 3 heterocycles. The lowest BCUT2D eigenvalue weighted by molar-refractivity contribution is 0.247. The Bertz CT molecular complexity index is 679. The maximum absolute atomic E-state index is 12.2. The highest BCUT2D eigenvalue weighted by Gasteiger charge is 2.23. The molecule has 1 atom stereocenters. The Hall–Kier alpha value is -1.72. The van der Waals surface area contributed by atoms with E-state index in [-0.39, 0.29) is 5.56 Å². The second-order valence-electron chi connectivity index (χ2n) is 5.52. The fraction of sp³-hybridized carbons (Fsp3) is 0.467. The molecule has 2 N–H and O–H groups in total. The molecule has 0 bridgehead atoms. The van der Waals surface area contributed by atoms with Gasteiger partial charge in [-0.15, -0.1) is 0 Å². The third-order valence-corrected chi connectivity index (χ3v) is 4.00. The van der Waals surface area contributed by atoms with E-state index in [1.165, 1.54) is 6.42 Å². The topological polar surface area (TPSA) is 63.6 Å². The Morgan fingerprint density at radius 3 is 3.10 bits per heavy atom. The first kappa shape index (κ1) is 13.3. The third kappa shape index (κ3) is 2.46. The summed E-state index contributed by atoms with van der Waals surface area (Å²) < 4.78 is 1.60. The maximum atomic E-state index is 12.2. The van der Waals surface area contributed by atoms with Crippen molar-refractivity contribution in [1.29, 1.82) is 0 Å². The Morgan fingerprint density at radius 1 is 1.45 bits per heavy atom. The van der Waals surface area contributed by atoms with Crippen LogP contribution >= 0.6 is 0 Å². The fourth-order valence-corrected chi connectivity index (χ4v) is 2.92. The highest BCUT2D eigenvalue weighted by molar-refractivity contribution is 5.39. The summed E-state index contributed by atoms with van der Waals surface area (Å²) in [7, 11) is 0. The monoisotopic (exact) mass is 272 g/mol. The zero-order chi connectivity index (χ0) is 14.1. The van der Waals surface area contributed by atoms with Crippen molar-refractivity contribution in [3.05, 3.63) is 46.0 Å². The summed E-state index contributed by atoms with van der Waals surface area (Å²) in [5, 5.41) is 0. The molecule has 1 aliphatic rings. The van der Waals surface area contributed by atoms with Gasteiger partial charge in [0, 0.05) is 31.4 Å². The van der Waals surface area contributed by atoms with Crippen molar-refractivity contribution >= 4 is 5.65 Å². The van der Waals surface area contributed by atoms with Gasteiger partial charge in [0.05, 0.1) is 5.69 Å². The molecule has 2 aromatic heterocycles. The molecular formula is C15H20N4O. The van der Waals surface area contributed by atoms with Crippen LogP contribution in [0, 0.1) is 6.92 Å². The van der Waals surface area contributed by atoms with E-state index >= 15 is 0 Å². The zero-order valence-corrected chi connectivity index (χ0v) is 11.7. The predicted molar refractivity (Wildman–Crippen MR) is 78.7 cm³/mol. The van der Waals surface area contributed by atoms with Gasteiger partial charge in [-0.3, -0.25) is 14.1 Å². The van der Waals surface area contributed by atoms with Crippen LogP contribution < -0.4 is 11.3 Å². The minimum absolute atomic E-state index is 0.0165. The van der Waals surface area contributed by atoms with Gasteiger partial charge in [-0.05, 0) is 37.9 Å². The zero-order valence-electron chi connectivity index (χ0n) is 11.7. The molecule has 0 aromatic carbocycles. The standard InChI is InChI=1S/C15H20N4O/c1-11-4-5-14-17-12(7-15(20)19(14)9-11)10-18-6-2-3-13(18)8-16/h4-5,7,9,13H,2-3,6,8,10,16H2,1H3. The van der Waals surface area contributed by atoms with Crippen LogP contribution in [0.4, 0.5) is 0 Å². The molecule has 0 radical (unpaired) electrons. The van der Waals surface area contributed by atoms with Crippen molar-refractivity contribution < 1.29 is 0 Å². The number of aromatic nitrogens is 2. The molecule has 0 spiro atoms. The minimum Gasteiger partial charge on any atom is -0.329 e. The number of aryl methyl sites for hydroxylation is 1. The van der Waals surface area contributed by atoms with Crippen molar-refractivity contribution in [2.24, 2.45) is 5.73 Å². The number of hydrogen-bond donors (Lipinski definition) is 1. The van der Waals surface area contributed by atoms with Crippen molar-refractivity contribution in [2.75, 3.05) is 13.1 Å². The molecule has 1 saturated heterocycles. The van der Waals surface area contributed by atoms with E-state index in [1.54, 1.807) is 10.5 Å². The average molecular weight is 272 g/mol. The van der Waals surface area contributed by atoms with Crippen LogP contribution in [-0.2, 0) is 6.54 Å². The van der Waals surface area contributed by atoms with E-state index in [0.29, 0.717) is 24.8 Å². The molecule has 1 unspecified atom stereocenters. The summed E-state index contributed by atoms with van der Waals surface area (Å²) in [6, 6.07) is 5.93. The summed E-state index contributed by atoms with van der Waals surface area (Å²) in [4.78, 5) is 19.1. The molecule has 2 aromatic rings. The number of fused-ring (bicyclic) bond motifs is 1. The molecule has 5 heteroatoms. The molecule has 0 saturated carbocycles. The van der Waals surface area contributed by atoms with Gasteiger partial charge in [0.2, 0.25) is 0 Å². The van der Waals surface area contributed by atoms with E-state index in [9.17, 15) is 4.79 Å². The lowest BCUT2D eigenvalue weighted by Gasteiger charge is -2.22. The van der Waals surface area contributed by atoms with Crippen LogP contribution in [0.2, 0.25) is 0 Å². The summed E-state index contributed by atoms with van der Waals surface area (Å²) >= 11 is 0. The lowest BCUT2D eigenvalue weighted by atomic mass is 10.2. The number of pyridine rings is 1. The minimum atomic E-state index is -0.0165. The molecule has 1 aliphatic heterocycles. The molecule has 0 amide bonds. The van der Waals surface area contributed by atoms with E-state index < -0.39 is 0 Å². The Kier molecular flexibility index (Phi) is 3.54. The third-order valence-electron chi connectivity index (χ3n) is 4.00. The van der Waals surface area contributed by atoms with Crippen LogP contribution in [0.1, 0.15) is 24.1 Å². The van der Waals surface area contributed by atoms with Gasteiger partial charge in [0.25, 0.3) is 5.56 Å². The highest BCUT2D eigenvalue weighted by Crippen LogP contribution is 2.18. The normalized spacial score (nSPS) is 19.8. The highest BCUT2D eigenvalue weighted by atomic mass is 16.1. The number of hydrogen-bond acceptors (Lipinski definition) is 4. The van der Waals surface area contributed by atoms with E-state index in [0.717, 1.165) is 24.2 Å². The molecule has 0 aliphatic carbocycles. The number of rotatable bonds is 3. The van der Waals surface area contributed by atoms with E-state index in [4.69, 9.17) is 5.73 Å². The summed E-state index contributed by atoms with van der Waals surface area (Å²) in [5.41, 5.74) is 8.37. The van der Waals surface area contributed by atoms with Gasteiger partial charge < -0.3 is 5.73 Å². The second-order valence-corrected chi connectivity index (χ2v) is 5.52. The van der Waals surface area contributed by atoms with Gasteiger partial charge in [-0.1, -0.05) is 6.07 Å². The van der Waals surface area contributed by atoms with Crippen LogP contribution in [0.5, 0.6) is 0 Å². The van der Waals surface area contributed by atoms with E-state index in [2.05, 4.69) is 9.88 Å². The molecule has 1 fully saturated rings. The van der Waals surface area contributed by atoms with Crippen molar-refractivity contribution in [3.8, 4) is 0 Å². The van der Waals surface area contributed by atoms with Crippen LogP contribution in [0.3, 0.4) is 0 Å². The lowest BCUT2D eigenvalue weighted by Crippen LogP contribution is -2.35. The summed E-state index contributed by atoms with van der Waals surface area (Å²) in [6.45, 7) is 4.39. The Morgan fingerprint density at radius 2 is 2.30 bits per heavy atom. The van der Waals surface area contributed by atoms with Gasteiger partial charge in [0.1, 0.15) is 5.65 Å². The van der Waals surface area contributed by atoms with Crippen molar-refractivity contribution in [1.82, 2.24) is 14.3 Å². The Balaban J connectivity index is 1.93. The van der Waals surface area contributed by atoms with E-state index in [1.807, 2.05) is 25.3 Å². The largest absolute Gasteiger partial charge is 0.329 e. The van der Waals surface area contributed by atoms with Gasteiger partial charge in [-0.2, -0.15) is 0 Å². The number of nitrogens with two attached hydrogens (primary N) is 1. The molecule has 106 valence electrons. The first-order chi connectivity index (χ1) is 9.67. The molecule has 3 rings (SSSR count). The molecular weight excluding hydrogens is 252 g/mol. The second kappa shape index (κ2) is 5.34. The van der Waals surface area contributed by atoms with Crippen LogP contribution in [-0.4, -0.2) is 33.4 Å². The first-order valence-electron chi connectivity index (χ1n) is 7.10. The summed E-state index contributed by atoms with van der Waals surface area (Å²) in [6.07, 6.45) is 4.14. The van der Waals surface area contributed by atoms with Crippen molar-refractivity contribution in [3.63, 3.8) is 0 Å².